The molecule has 1 aliphatic carbocycles. The summed E-state index contributed by atoms with van der Waals surface area (Å²) in [7, 11) is 0. The predicted octanol–water partition coefficient (Wildman–Crippen LogP) is 3.89. The number of anilines is 1. The van der Waals surface area contributed by atoms with Crippen LogP contribution in [0, 0.1) is 11.7 Å². The summed E-state index contributed by atoms with van der Waals surface area (Å²) >= 11 is 0. The highest BCUT2D eigenvalue weighted by Crippen LogP contribution is 2.43. The van der Waals surface area contributed by atoms with Gasteiger partial charge < -0.3 is 10.4 Å². The van der Waals surface area contributed by atoms with Crippen molar-refractivity contribution in [2.75, 3.05) is 5.32 Å². The number of carbonyl (C=O) groups is 1. The smallest absolute Gasteiger partial charge is 0.232 e. The maximum atomic E-state index is 13.9. The van der Waals surface area contributed by atoms with Gasteiger partial charge in [-0.15, -0.1) is 0 Å². The zero-order chi connectivity index (χ0) is 15.0. The summed E-state index contributed by atoms with van der Waals surface area (Å²) in [6.45, 7) is 1.92. The summed E-state index contributed by atoms with van der Waals surface area (Å²) in [5, 5.41) is 13.5. The third-order valence-corrected chi connectivity index (χ3v) is 4.93. The molecule has 0 aromatic heterocycles. The molecule has 114 valence electrons. The average molecular weight is 291 g/mol. The van der Waals surface area contributed by atoms with Crippen LogP contribution < -0.4 is 5.32 Å². The third-order valence-electron chi connectivity index (χ3n) is 4.93. The lowest BCUT2D eigenvalue weighted by Crippen LogP contribution is -2.17. The fourth-order valence-corrected chi connectivity index (χ4v) is 3.76. The number of hydrogen-bond donors (Lipinski definition) is 2. The molecule has 4 heteroatoms. The number of benzene rings is 1. The Morgan fingerprint density at radius 1 is 1.33 bits per heavy atom. The molecule has 1 saturated carbocycles. The van der Waals surface area contributed by atoms with E-state index in [2.05, 4.69) is 5.32 Å². The van der Waals surface area contributed by atoms with Gasteiger partial charge in [-0.3, -0.25) is 4.79 Å². The van der Waals surface area contributed by atoms with E-state index in [9.17, 15) is 14.3 Å². The van der Waals surface area contributed by atoms with Crippen LogP contribution in [0.4, 0.5) is 10.1 Å². The lowest BCUT2D eigenvalue weighted by Gasteiger charge is -2.28. The molecule has 21 heavy (non-hydrogen) atoms. The third kappa shape index (κ3) is 2.57. The van der Waals surface area contributed by atoms with Crippen molar-refractivity contribution in [3.63, 3.8) is 0 Å². The monoisotopic (exact) mass is 291 g/mol. The number of amides is 1. The summed E-state index contributed by atoms with van der Waals surface area (Å²) in [6, 6.07) is 2.81. The van der Waals surface area contributed by atoms with E-state index in [1.54, 1.807) is 0 Å². The topological polar surface area (TPSA) is 49.3 Å². The number of aliphatic hydroxyl groups excluding tert-OH is 1. The minimum Gasteiger partial charge on any atom is -0.388 e. The van der Waals surface area contributed by atoms with Gasteiger partial charge in [0.15, 0.2) is 0 Å². The molecule has 2 aliphatic rings. The van der Waals surface area contributed by atoms with Gasteiger partial charge in [0.05, 0.1) is 17.7 Å². The molecule has 1 fully saturated rings. The van der Waals surface area contributed by atoms with E-state index in [0.717, 1.165) is 25.7 Å². The van der Waals surface area contributed by atoms with Crippen LogP contribution in [-0.4, -0.2) is 11.0 Å². The number of nitrogens with one attached hydrogen (secondary N) is 1. The second kappa shape index (κ2) is 5.76. The molecular weight excluding hydrogens is 269 g/mol. The first kappa shape index (κ1) is 14.5. The molecule has 3 nitrogen and oxygen atoms in total. The Morgan fingerprint density at radius 2 is 2.05 bits per heavy atom. The molecule has 0 radical (unpaired) electrons. The van der Waals surface area contributed by atoms with Gasteiger partial charge in [-0.1, -0.05) is 26.2 Å². The minimum absolute atomic E-state index is 0.0878. The Balaban J connectivity index is 1.98. The van der Waals surface area contributed by atoms with Crippen molar-refractivity contribution in [3.8, 4) is 0 Å². The first-order chi connectivity index (χ1) is 10.1. The van der Waals surface area contributed by atoms with E-state index in [0.29, 0.717) is 23.2 Å². The van der Waals surface area contributed by atoms with Crippen molar-refractivity contribution >= 4 is 11.6 Å². The highest BCUT2D eigenvalue weighted by molar-refractivity contribution is 6.03. The van der Waals surface area contributed by atoms with Crippen LogP contribution >= 0.6 is 0 Å². The van der Waals surface area contributed by atoms with Crippen LogP contribution in [0.15, 0.2) is 12.1 Å². The Kier molecular flexibility index (Phi) is 3.98. The molecule has 0 saturated heterocycles. The van der Waals surface area contributed by atoms with Crippen LogP contribution in [0.25, 0.3) is 0 Å². The zero-order valence-electron chi connectivity index (χ0n) is 12.4. The molecular formula is C17H22FNO2. The standard InChI is InChI=1S/C17H22FNO2/c1-2-12-13-8-11(18)9-14(15(13)19-17(12)21)16(20)10-6-4-3-5-7-10/h8-10,12,16,20H,2-7H2,1H3,(H,19,21). The number of fused-ring (bicyclic) bond motifs is 1. The first-order valence-electron chi connectivity index (χ1n) is 7.94. The molecule has 1 aliphatic heterocycles. The highest BCUT2D eigenvalue weighted by Gasteiger charge is 2.34. The maximum Gasteiger partial charge on any atom is 0.232 e. The van der Waals surface area contributed by atoms with Gasteiger partial charge in [0, 0.05) is 5.56 Å². The molecule has 0 bridgehead atoms. The minimum atomic E-state index is -0.689. The lowest BCUT2D eigenvalue weighted by atomic mass is 9.81. The van der Waals surface area contributed by atoms with Gasteiger partial charge in [0.25, 0.3) is 0 Å². The van der Waals surface area contributed by atoms with Gasteiger partial charge in [-0.2, -0.15) is 0 Å². The van der Waals surface area contributed by atoms with Crippen molar-refractivity contribution in [1.82, 2.24) is 0 Å². The molecule has 0 spiro atoms. The van der Waals surface area contributed by atoms with Crippen LogP contribution in [0.5, 0.6) is 0 Å². The van der Waals surface area contributed by atoms with E-state index in [1.807, 2.05) is 6.92 Å². The quantitative estimate of drug-likeness (QED) is 0.887. The molecule has 1 heterocycles. The van der Waals surface area contributed by atoms with E-state index < -0.39 is 6.10 Å². The van der Waals surface area contributed by atoms with Crippen molar-refractivity contribution in [1.29, 1.82) is 0 Å². The van der Waals surface area contributed by atoms with Crippen molar-refractivity contribution in [2.45, 2.75) is 57.5 Å². The second-order valence-electron chi connectivity index (χ2n) is 6.25. The molecule has 1 aromatic rings. The molecule has 2 N–H and O–H groups in total. The molecule has 2 atom stereocenters. The first-order valence-corrected chi connectivity index (χ1v) is 7.94. The van der Waals surface area contributed by atoms with Gasteiger partial charge in [0.2, 0.25) is 5.91 Å². The fraction of sp³-hybridized carbons (Fsp3) is 0.588. The Morgan fingerprint density at radius 3 is 2.71 bits per heavy atom. The SMILES string of the molecule is CCC1C(=O)Nc2c1cc(F)cc2C(O)C1CCCCC1. The maximum absolute atomic E-state index is 13.9. The van der Waals surface area contributed by atoms with Crippen LogP contribution in [0.3, 0.4) is 0 Å². The van der Waals surface area contributed by atoms with Crippen LogP contribution in [-0.2, 0) is 4.79 Å². The summed E-state index contributed by atoms with van der Waals surface area (Å²) in [5.41, 5.74) is 1.90. The average Bonchev–Trinajstić information content (AvgIpc) is 2.81. The summed E-state index contributed by atoms with van der Waals surface area (Å²) in [5.74, 6) is -0.584. The Hall–Kier alpha value is -1.42. The van der Waals surface area contributed by atoms with Crippen molar-refractivity contribution < 1.29 is 14.3 Å². The number of aliphatic hydroxyl groups is 1. The van der Waals surface area contributed by atoms with Crippen LogP contribution in [0.2, 0.25) is 0 Å². The zero-order valence-corrected chi connectivity index (χ0v) is 12.4. The Bertz CT molecular complexity index is 552. The van der Waals surface area contributed by atoms with Gasteiger partial charge in [0.1, 0.15) is 5.82 Å². The van der Waals surface area contributed by atoms with Gasteiger partial charge >= 0.3 is 0 Å². The lowest BCUT2D eigenvalue weighted by molar-refractivity contribution is -0.117. The Labute approximate surface area is 124 Å². The van der Waals surface area contributed by atoms with E-state index in [1.165, 1.54) is 18.6 Å². The summed E-state index contributed by atoms with van der Waals surface area (Å²) in [6.07, 6.45) is 5.33. The molecule has 2 unspecified atom stereocenters. The normalized spacial score (nSPS) is 23.8. The molecule has 3 rings (SSSR count). The fourth-order valence-electron chi connectivity index (χ4n) is 3.76. The number of carbonyl (C=O) groups excluding carboxylic acids is 1. The number of rotatable bonds is 3. The van der Waals surface area contributed by atoms with Gasteiger partial charge in [-0.25, -0.2) is 4.39 Å². The van der Waals surface area contributed by atoms with Crippen molar-refractivity contribution in [3.05, 3.63) is 29.1 Å². The molecule has 1 amide bonds. The van der Waals surface area contributed by atoms with E-state index in [-0.39, 0.29) is 23.6 Å². The van der Waals surface area contributed by atoms with E-state index in [4.69, 9.17) is 0 Å². The van der Waals surface area contributed by atoms with E-state index >= 15 is 0 Å². The predicted molar refractivity (Wildman–Crippen MR) is 79.6 cm³/mol. The highest BCUT2D eigenvalue weighted by atomic mass is 19.1. The van der Waals surface area contributed by atoms with Crippen LogP contribution in [0.1, 0.15) is 68.6 Å². The van der Waals surface area contributed by atoms with Gasteiger partial charge in [-0.05, 0) is 42.9 Å². The summed E-state index contributed by atoms with van der Waals surface area (Å²) < 4.78 is 13.9. The second-order valence-corrected chi connectivity index (χ2v) is 6.25. The van der Waals surface area contributed by atoms with Crippen molar-refractivity contribution in [2.24, 2.45) is 5.92 Å². The largest absolute Gasteiger partial charge is 0.388 e. The summed E-state index contributed by atoms with van der Waals surface area (Å²) in [4.78, 5) is 12.0. The number of halogens is 1. The molecule has 1 aromatic carbocycles. The number of hydrogen-bond acceptors (Lipinski definition) is 2.